The molecule has 0 bridgehead atoms. The summed E-state index contributed by atoms with van der Waals surface area (Å²) in [5, 5.41) is 6.15. The third-order valence-corrected chi connectivity index (χ3v) is 3.37. The van der Waals surface area contributed by atoms with Crippen LogP contribution in [0.4, 0.5) is 5.69 Å². The largest absolute Gasteiger partial charge is 0.495 e. The Morgan fingerprint density at radius 2 is 1.83 bits per heavy atom. The van der Waals surface area contributed by atoms with Gasteiger partial charge in [-0.1, -0.05) is 18.5 Å². The van der Waals surface area contributed by atoms with Gasteiger partial charge in [0.25, 0.3) is 0 Å². The molecule has 1 aromatic rings. The molecule has 0 saturated heterocycles. The number of likely N-dealkylation sites (N-methyl/N-ethyl adjacent to an activating group) is 1. The second kappa shape index (κ2) is 8.89. The van der Waals surface area contributed by atoms with Crippen molar-refractivity contribution < 1.29 is 14.3 Å². The molecular weight excluding hydrogens is 330 g/mol. The number of hydrogen-bond acceptors (Lipinski definition) is 4. The molecule has 7 heteroatoms. The SMILES string of the molecule is CCN(CC(=O)Nc1cc(Cl)ccc1OC)CC(=O)NC(C)(C)C. The second-order valence-electron chi connectivity index (χ2n) is 6.49. The van der Waals surface area contributed by atoms with E-state index in [4.69, 9.17) is 16.3 Å². The summed E-state index contributed by atoms with van der Waals surface area (Å²) >= 11 is 5.95. The fraction of sp³-hybridized carbons (Fsp3) is 0.529. The Bertz CT molecular complexity index is 585. The number of hydrogen-bond donors (Lipinski definition) is 2. The van der Waals surface area contributed by atoms with Gasteiger partial charge in [-0.15, -0.1) is 0 Å². The van der Waals surface area contributed by atoms with Gasteiger partial charge in [0.1, 0.15) is 5.75 Å². The van der Waals surface area contributed by atoms with E-state index in [1.54, 1.807) is 23.1 Å². The molecule has 2 amide bonds. The molecule has 0 saturated carbocycles. The van der Waals surface area contributed by atoms with Crippen LogP contribution < -0.4 is 15.4 Å². The number of halogens is 1. The zero-order valence-corrected chi connectivity index (χ0v) is 15.7. The molecule has 0 spiro atoms. The minimum absolute atomic E-state index is 0.101. The molecule has 0 aliphatic carbocycles. The highest BCUT2D eigenvalue weighted by Gasteiger charge is 2.18. The molecule has 0 aliphatic rings. The third kappa shape index (κ3) is 7.19. The lowest BCUT2D eigenvalue weighted by molar-refractivity contribution is -0.124. The van der Waals surface area contributed by atoms with Crippen LogP contribution >= 0.6 is 11.6 Å². The Hall–Kier alpha value is -1.79. The first-order chi connectivity index (χ1) is 11.1. The summed E-state index contributed by atoms with van der Waals surface area (Å²) in [6.07, 6.45) is 0. The molecule has 6 nitrogen and oxygen atoms in total. The first kappa shape index (κ1) is 20.3. The fourth-order valence-electron chi connectivity index (χ4n) is 2.11. The number of ether oxygens (including phenoxy) is 1. The molecule has 2 N–H and O–H groups in total. The van der Waals surface area contributed by atoms with Crippen LogP contribution in [0.2, 0.25) is 5.02 Å². The number of carbonyl (C=O) groups is 2. The summed E-state index contributed by atoms with van der Waals surface area (Å²) in [4.78, 5) is 26.0. The summed E-state index contributed by atoms with van der Waals surface area (Å²) in [5.74, 6) is 0.180. The zero-order valence-electron chi connectivity index (χ0n) is 14.9. The van der Waals surface area contributed by atoms with E-state index in [1.807, 2.05) is 27.7 Å². The number of carbonyl (C=O) groups excluding carboxylic acids is 2. The van der Waals surface area contributed by atoms with Crippen LogP contribution in [0.3, 0.4) is 0 Å². The quantitative estimate of drug-likeness (QED) is 0.788. The highest BCUT2D eigenvalue weighted by Crippen LogP contribution is 2.27. The molecule has 0 unspecified atom stereocenters. The number of methoxy groups -OCH3 is 1. The Balaban J connectivity index is 2.65. The van der Waals surface area contributed by atoms with E-state index in [2.05, 4.69) is 10.6 Å². The van der Waals surface area contributed by atoms with Gasteiger partial charge in [-0.2, -0.15) is 0 Å². The molecule has 24 heavy (non-hydrogen) atoms. The third-order valence-electron chi connectivity index (χ3n) is 3.13. The number of nitrogens with zero attached hydrogens (tertiary/aromatic N) is 1. The molecule has 0 aromatic heterocycles. The highest BCUT2D eigenvalue weighted by molar-refractivity contribution is 6.31. The summed E-state index contributed by atoms with van der Waals surface area (Å²) in [5.41, 5.74) is 0.206. The van der Waals surface area contributed by atoms with E-state index in [1.165, 1.54) is 7.11 Å². The zero-order chi connectivity index (χ0) is 18.3. The van der Waals surface area contributed by atoms with Crippen LogP contribution in [-0.4, -0.2) is 49.0 Å². The molecule has 0 aliphatic heterocycles. The van der Waals surface area contributed by atoms with Gasteiger partial charge in [-0.3, -0.25) is 14.5 Å². The molecular formula is C17H26ClN3O3. The van der Waals surface area contributed by atoms with E-state index >= 15 is 0 Å². The standard InChI is InChI=1S/C17H26ClN3O3/c1-6-21(11-16(23)20-17(2,3)4)10-15(22)19-13-9-12(18)7-8-14(13)24-5/h7-9H,6,10-11H2,1-5H3,(H,19,22)(H,20,23). The maximum atomic E-state index is 12.2. The predicted octanol–water partition coefficient (Wildman–Crippen LogP) is 2.52. The van der Waals surface area contributed by atoms with E-state index < -0.39 is 0 Å². The molecule has 0 atom stereocenters. The molecule has 0 radical (unpaired) electrons. The number of nitrogens with one attached hydrogen (secondary N) is 2. The van der Waals surface area contributed by atoms with Gasteiger partial charge in [0.2, 0.25) is 11.8 Å². The van der Waals surface area contributed by atoms with Crippen molar-refractivity contribution in [2.24, 2.45) is 0 Å². The Morgan fingerprint density at radius 1 is 1.21 bits per heavy atom. The first-order valence-corrected chi connectivity index (χ1v) is 8.19. The van der Waals surface area contributed by atoms with Crippen molar-refractivity contribution in [1.29, 1.82) is 0 Å². The van der Waals surface area contributed by atoms with Crippen LogP contribution in [0.1, 0.15) is 27.7 Å². The predicted molar refractivity (Wildman–Crippen MR) is 96.6 cm³/mol. The van der Waals surface area contributed by atoms with E-state index in [9.17, 15) is 9.59 Å². The van der Waals surface area contributed by atoms with Gasteiger partial charge < -0.3 is 15.4 Å². The minimum Gasteiger partial charge on any atom is -0.495 e. The lowest BCUT2D eigenvalue weighted by Crippen LogP contribution is -2.47. The molecule has 0 fully saturated rings. The monoisotopic (exact) mass is 355 g/mol. The van der Waals surface area contributed by atoms with Crippen LogP contribution in [-0.2, 0) is 9.59 Å². The van der Waals surface area contributed by atoms with Crippen LogP contribution in [0, 0.1) is 0 Å². The van der Waals surface area contributed by atoms with Gasteiger partial charge in [-0.05, 0) is 45.5 Å². The number of benzene rings is 1. The summed E-state index contributed by atoms with van der Waals surface area (Å²) < 4.78 is 5.20. The van der Waals surface area contributed by atoms with Crippen molar-refractivity contribution in [3.63, 3.8) is 0 Å². The van der Waals surface area contributed by atoms with Crippen LogP contribution in [0.25, 0.3) is 0 Å². The first-order valence-electron chi connectivity index (χ1n) is 7.81. The fourth-order valence-corrected chi connectivity index (χ4v) is 2.28. The summed E-state index contributed by atoms with van der Waals surface area (Å²) in [7, 11) is 1.52. The van der Waals surface area contributed by atoms with Gasteiger partial charge in [0.05, 0.1) is 25.9 Å². The van der Waals surface area contributed by atoms with Crippen LogP contribution in [0.5, 0.6) is 5.75 Å². The average molecular weight is 356 g/mol. The smallest absolute Gasteiger partial charge is 0.238 e. The van der Waals surface area contributed by atoms with Crippen molar-refractivity contribution in [1.82, 2.24) is 10.2 Å². The summed E-state index contributed by atoms with van der Waals surface area (Å²) in [6.45, 7) is 8.49. The van der Waals surface area contributed by atoms with E-state index in [0.29, 0.717) is 23.0 Å². The summed E-state index contributed by atoms with van der Waals surface area (Å²) in [6, 6.07) is 5.00. The van der Waals surface area contributed by atoms with Crippen molar-refractivity contribution in [3.05, 3.63) is 23.2 Å². The number of anilines is 1. The van der Waals surface area contributed by atoms with Gasteiger partial charge in [0.15, 0.2) is 0 Å². The second-order valence-corrected chi connectivity index (χ2v) is 6.93. The average Bonchev–Trinajstić information content (AvgIpc) is 2.44. The van der Waals surface area contributed by atoms with Crippen molar-refractivity contribution >= 4 is 29.1 Å². The Kier molecular flexibility index (Phi) is 7.51. The normalized spacial score (nSPS) is 11.3. The Morgan fingerprint density at radius 3 is 2.38 bits per heavy atom. The lowest BCUT2D eigenvalue weighted by atomic mass is 10.1. The van der Waals surface area contributed by atoms with Gasteiger partial charge in [0, 0.05) is 10.6 Å². The number of rotatable bonds is 7. The van der Waals surface area contributed by atoms with Crippen molar-refractivity contribution in [2.45, 2.75) is 33.2 Å². The maximum absolute atomic E-state index is 12.2. The van der Waals surface area contributed by atoms with Gasteiger partial charge in [-0.25, -0.2) is 0 Å². The van der Waals surface area contributed by atoms with E-state index in [0.717, 1.165) is 0 Å². The maximum Gasteiger partial charge on any atom is 0.238 e. The van der Waals surface area contributed by atoms with Crippen molar-refractivity contribution in [2.75, 3.05) is 32.1 Å². The van der Waals surface area contributed by atoms with Crippen molar-refractivity contribution in [3.8, 4) is 5.75 Å². The number of amides is 2. The minimum atomic E-state index is -0.299. The highest BCUT2D eigenvalue weighted by atomic mass is 35.5. The van der Waals surface area contributed by atoms with Gasteiger partial charge >= 0.3 is 0 Å². The molecule has 0 heterocycles. The molecule has 134 valence electrons. The topological polar surface area (TPSA) is 70.7 Å². The van der Waals surface area contributed by atoms with E-state index in [-0.39, 0.29) is 30.4 Å². The molecule has 1 aromatic carbocycles. The molecule has 1 rings (SSSR count). The Labute approximate surface area is 148 Å². The van der Waals surface area contributed by atoms with Crippen LogP contribution in [0.15, 0.2) is 18.2 Å². The lowest BCUT2D eigenvalue weighted by Gasteiger charge is -2.24.